The Hall–Kier alpha value is -7.33. The van der Waals surface area contributed by atoms with Gasteiger partial charge in [-0.25, -0.2) is 4.39 Å². The normalized spacial score (nSPS) is 29.9. The van der Waals surface area contributed by atoms with E-state index >= 15 is 14.0 Å². The van der Waals surface area contributed by atoms with Crippen LogP contribution in [0.4, 0.5) is 10.1 Å². The number of aromatic nitrogens is 1. The summed E-state index contributed by atoms with van der Waals surface area (Å²) in [5.41, 5.74) is -1.50. The van der Waals surface area contributed by atoms with E-state index in [1.165, 1.54) is 66.4 Å². The van der Waals surface area contributed by atoms with Gasteiger partial charge in [-0.3, -0.25) is 28.8 Å². The highest BCUT2D eigenvalue weighted by atomic mass is 19.1. The molecule has 11 atom stereocenters. The van der Waals surface area contributed by atoms with Gasteiger partial charge in [-0.1, -0.05) is 52.5 Å². The summed E-state index contributed by atoms with van der Waals surface area (Å²) >= 11 is 0. The number of nitrogens with zero attached hydrogens (tertiary/aromatic N) is 3. The van der Waals surface area contributed by atoms with Crippen LogP contribution >= 0.6 is 0 Å². The van der Waals surface area contributed by atoms with E-state index in [0.717, 1.165) is 12.8 Å². The third-order valence-corrected chi connectivity index (χ3v) is 18.1. The predicted molar refractivity (Wildman–Crippen MR) is 310 cm³/mol. The molecule has 2 aromatic carbocycles. The summed E-state index contributed by atoms with van der Waals surface area (Å²) in [4.78, 5) is 89.2. The Bertz CT molecular complexity index is 3390. The van der Waals surface area contributed by atoms with Crippen molar-refractivity contribution in [3.63, 3.8) is 0 Å². The number of pyridine rings is 1. The van der Waals surface area contributed by atoms with Gasteiger partial charge >= 0.3 is 11.8 Å². The lowest BCUT2D eigenvalue weighted by molar-refractivity contribution is -0.160. The first-order chi connectivity index (χ1) is 39.7. The predicted octanol–water partition coefficient (Wildman–Crippen LogP) is 7.25. The molecular formula is C63H78FN5O15. The molecule has 20 nitrogen and oxygen atoms in total. The lowest BCUT2D eigenvalue weighted by atomic mass is 9.78. The molecule has 1 saturated carbocycles. The van der Waals surface area contributed by atoms with Crippen molar-refractivity contribution in [2.24, 2.45) is 29.6 Å². The van der Waals surface area contributed by atoms with Gasteiger partial charge in [0.25, 0.3) is 11.7 Å². The van der Waals surface area contributed by atoms with E-state index in [9.17, 15) is 39.6 Å². The molecule has 21 heteroatoms. The van der Waals surface area contributed by atoms with Gasteiger partial charge in [-0.05, 0) is 70.9 Å². The molecule has 2 saturated heterocycles. The van der Waals surface area contributed by atoms with Crippen LogP contribution in [0.25, 0.3) is 16.7 Å². The minimum atomic E-state index is -2.15. The molecule has 6 N–H and O–H groups in total. The van der Waals surface area contributed by atoms with E-state index < -0.39 is 123 Å². The summed E-state index contributed by atoms with van der Waals surface area (Å²) in [5.74, 6) is -10.3. The van der Waals surface area contributed by atoms with Gasteiger partial charge in [0.15, 0.2) is 11.6 Å². The highest BCUT2D eigenvalue weighted by Gasteiger charge is 2.53. The third-order valence-electron chi connectivity index (χ3n) is 18.1. The maximum Gasteiger partial charge on any atom is 0.312 e. The maximum atomic E-state index is 16.4. The first kappa shape index (κ1) is 61.2. The van der Waals surface area contributed by atoms with Crippen LogP contribution in [0.15, 0.2) is 71.2 Å². The van der Waals surface area contributed by atoms with Crippen molar-refractivity contribution in [3.8, 4) is 17.2 Å². The number of likely N-dealkylation sites (tertiary alicyclic amines) is 1. The molecule has 2 unspecified atom stereocenters. The fourth-order valence-electron chi connectivity index (χ4n) is 12.9. The number of carbonyl (C=O) groups excluding carboxylic acids is 5. The van der Waals surface area contributed by atoms with Gasteiger partial charge in [-0.15, -0.1) is 0 Å². The molecule has 6 heterocycles. The number of ether oxygens (including phenoxy) is 5. The number of ketones is 3. The van der Waals surface area contributed by atoms with Crippen LogP contribution in [0.3, 0.4) is 0 Å². The number of esters is 1. The van der Waals surface area contributed by atoms with E-state index in [1.54, 1.807) is 50.9 Å². The van der Waals surface area contributed by atoms with Crippen LogP contribution in [0, 0.1) is 42.3 Å². The second kappa shape index (κ2) is 24.0. The molecular weight excluding hydrogens is 1090 g/mol. The summed E-state index contributed by atoms with van der Waals surface area (Å²) < 4.78 is 48.0. The van der Waals surface area contributed by atoms with Crippen LogP contribution in [0.2, 0.25) is 0 Å². The summed E-state index contributed by atoms with van der Waals surface area (Å²) in [6.45, 7) is 19.4. The summed E-state index contributed by atoms with van der Waals surface area (Å²) in [6, 6.07) is 1.10. The number of aliphatic hydroxyl groups is 3. The minimum absolute atomic E-state index is 0.00344. The highest BCUT2D eigenvalue weighted by Crippen LogP contribution is 2.50. The maximum absolute atomic E-state index is 16.4. The van der Waals surface area contributed by atoms with E-state index in [-0.39, 0.29) is 87.7 Å². The molecule has 5 bridgehead atoms. The van der Waals surface area contributed by atoms with E-state index in [2.05, 4.69) is 24.1 Å². The fourth-order valence-corrected chi connectivity index (χ4v) is 12.9. The Labute approximate surface area is 487 Å². The van der Waals surface area contributed by atoms with Crippen molar-refractivity contribution in [3.05, 3.63) is 110 Å². The number of fused-ring (bicyclic) bond motifs is 15. The number of benzene rings is 2. The van der Waals surface area contributed by atoms with E-state index in [4.69, 9.17) is 23.7 Å². The molecule has 2 aliphatic carbocycles. The first-order valence-corrected chi connectivity index (χ1v) is 28.9. The van der Waals surface area contributed by atoms with Gasteiger partial charge < -0.3 is 69.1 Å². The van der Waals surface area contributed by atoms with Gasteiger partial charge in [-0.2, -0.15) is 0 Å². The minimum Gasteiger partial charge on any atom is -0.508 e. The van der Waals surface area contributed by atoms with Crippen molar-refractivity contribution < 1.29 is 72.5 Å². The quantitative estimate of drug-likeness (QED) is 0.0862. The van der Waals surface area contributed by atoms with Crippen LogP contribution in [-0.2, 0) is 23.8 Å². The standard InChI is InChI=1S/C63H78FN5O15/c1-29-14-13-15-30(2)62(79)66-48-51(67-23-19-39(20-24-67)65-35(7)38-18-22-68(27-38)50-43(64)26-41-49(60(50)81-12)69(40-16-17-40)28-42(36(8)70)55(41)75)57(77)45-46(56(48)76)54(74)34(6)59-47(45)61(78)63(10,84-59)82-25-21-44(80-11)31(3)58(83-37(9)71)33(5)53(73)32(4)52(29)72/h13-15,21,25-26,28-29,31-33,35,38-40,44,52-53,58,65,70,72-74H,8,16-20,22-24,27H2,1-7,9-12H3,(H,66,79)/b14-13+,25-21+,30-15-/t29-,31+,32+,33+,35?,38?,44-,52-,53+,58+,63-/m0/s1. The Morgan fingerprint density at radius 3 is 2.23 bits per heavy atom. The number of allylic oxidation sites excluding steroid dienone is 4. The number of piperidine rings is 1. The average Bonchev–Trinajstić information content (AvgIpc) is 1.44. The summed E-state index contributed by atoms with van der Waals surface area (Å²) in [7, 11) is 2.88. The van der Waals surface area contributed by atoms with Crippen LogP contribution in [-0.4, -0.2) is 142 Å². The van der Waals surface area contributed by atoms with Crippen LogP contribution in [0.1, 0.15) is 136 Å². The number of nitrogens with one attached hydrogen (secondary N) is 2. The number of aromatic hydroxyl groups is 1. The zero-order valence-corrected chi connectivity index (χ0v) is 49.5. The van der Waals surface area contributed by atoms with Crippen LogP contribution < -0.4 is 30.4 Å². The Morgan fingerprint density at radius 2 is 1.60 bits per heavy atom. The van der Waals surface area contributed by atoms with E-state index in [0.29, 0.717) is 37.9 Å². The number of anilines is 1. The zero-order valence-electron chi connectivity index (χ0n) is 49.5. The Kier molecular flexibility index (Phi) is 17.5. The number of Topliss-reactive ketones (excluding diaryl/α,β-unsaturated/α-hetero) is 3. The first-order valence-electron chi connectivity index (χ1n) is 28.9. The topological polar surface area (TPSA) is 265 Å². The molecule has 0 radical (unpaired) electrons. The SMILES string of the molecule is C=C(O)c1cn(C2CC2)c2c(OC)c(N3CCC(C(C)NC4CCN(C5=C6NC(=O)/C(C)=C\C=C\[C@H](C)[C@H](O)[C@@H](C)[C@@H](O)[C@@H](C)[C@H](OC(C)=O)[C@H](C)[C@@H](OC)/C=C/O[C@@]7(C)Oc8c(C)c(O)c(c(c8C7=O)C5=O)C6=O)CC4)C3)c(F)cc2c1=O. The van der Waals surface area contributed by atoms with Crippen LogP contribution in [0.5, 0.6) is 17.2 Å². The van der Waals surface area contributed by atoms with Crippen molar-refractivity contribution in [1.29, 1.82) is 0 Å². The number of rotatable bonds is 10. The van der Waals surface area contributed by atoms with Crippen molar-refractivity contribution in [2.45, 2.75) is 143 Å². The molecule has 7 aliphatic rings. The number of amides is 1. The third kappa shape index (κ3) is 11.1. The van der Waals surface area contributed by atoms with Gasteiger partial charge in [0, 0.05) is 106 Å². The number of hydrogen-bond acceptors (Lipinski definition) is 18. The number of phenols is 1. The summed E-state index contributed by atoms with van der Waals surface area (Å²) in [6.07, 6.45) is 8.17. The number of carbonyl (C=O) groups is 5. The molecule has 1 aromatic heterocycles. The lowest BCUT2D eigenvalue weighted by Crippen LogP contribution is -2.49. The average molecular weight is 1160 g/mol. The summed E-state index contributed by atoms with van der Waals surface area (Å²) in [5, 5.41) is 51.9. The molecule has 452 valence electrons. The second-order valence-corrected chi connectivity index (χ2v) is 23.8. The Morgan fingerprint density at radius 1 is 0.917 bits per heavy atom. The van der Waals surface area contributed by atoms with Gasteiger partial charge in [0.1, 0.15) is 40.4 Å². The monoisotopic (exact) mass is 1160 g/mol. The number of aliphatic hydroxyl groups excluding tert-OH is 3. The Balaban J connectivity index is 1.00. The number of hydrogen-bond donors (Lipinski definition) is 6. The smallest absolute Gasteiger partial charge is 0.312 e. The number of halogens is 1. The second-order valence-electron chi connectivity index (χ2n) is 23.8. The van der Waals surface area contributed by atoms with Gasteiger partial charge in [0.2, 0.25) is 17.0 Å². The molecule has 10 rings (SSSR count). The van der Waals surface area contributed by atoms with E-state index in [1.807, 2.05) is 9.47 Å². The molecule has 5 aliphatic heterocycles. The zero-order chi connectivity index (χ0) is 61.1. The molecule has 0 spiro atoms. The highest BCUT2D eigenvalue weighted by molar-refractivity contribution is 6.32. The molecule has 3 aromatic rings. The number of methoxy groups -OCH3 is 2. The lowest BCUT2D eigenvalue weighted by Gasteiger charge is -2.39. The molecule has 3 fully saturated rings. The number of phenolic OH excluding ortho intramolecular Hbond substituents is 1. The van der Waals surface area contributed by atoms with Gasteiger partial charge in [0.05, 0.1) is 64.8 Å². The van der Waals surface area contributed by atoms with Crippen molar-refractivity contribution >= 4 is 51.6 Å². The largest absolute Gasteiger partial charge is 0.508 e. The fraction of sp³-hybridized carbons (Fsp3) is 0.524. The van der Waals surface area contributed by atoms with Crippen molar-refractivity contribution in [1.82, 2.24) is 20.1 Å². The van der Waals surface area contributed by atoms with Crippen molar-refractivity contribution in [2.75, 3.05) is 45.3 Å². The molecule has 84 heavy (non-hydrogen) atoms. The molecule has 1 amide bonds.